The van der Waals surface area contributed by atoms with Crippen LogP contribution in [0.3, 0.4) is 0 Å². The maximum absolute atomic E-state index is 5.58. The van der Waals surface area contributed by atoms with Crippen molar-refractivity contribution < 1.29 is 18.9 Å². The van der Waals surface area contributed by atoms with Crippen LogP contribution in [-0.4, -0.2) is 27.4 Å². The Kier molecular flexibility index (Phi) is 10.6. The molecule has 0 atom stereocenters. The molecule has 2 aromatic carbocycles. The van der Waals surface area contributed by atoms with Crippen molar-refractivity contribution in [2.24, 2.45) is 0 Å². The highest BCUT2D eigenvalue weighted by Crippen LogP contribution is 2.29. The van der Waals surface area contributed by atoms with E-state index in [1.54, 1.807) is 26.4 Å². The molecule has 4 heteroatoms. The first-order chi connectivity index (χ1) is 15.2. The smallest absolute Gasteiger partial charge is 0.161 e. The first-order valence-corrected chi connectivity index (χ1v) is 10.4. The van der Waals surface area contributed by atoms with E-state index in [0.29, 0.717) is 13.2 Å². The Morgan fingerprint density at radius 3 is 1.52 bits per heavy atom. The fourth-order valence-electron chi connectivity index (χ4n) is 2.90. The Hall–Kier alpha value is -3.40. The maximum atomic E-state index is 5.58. The SMILES string of the molecule is C=CCOc1ccc(C=CCCCC=Cc2ccc(OCC=C)c(OC)c2)cc1OC. The molecule has 164 valence electrons. The topological polar surface area (TPSA) is 36.9 Å². The lowest BCUT2D eigenvalue weighted by Crippen LogP contribution is -1.96. The van der Waals surface area contributed by atoms with Gasteiger partial charge in [-0.1, -0.05) is 61.7 Å². The molecule has 0 unspecified atom stereocenters. The van der Waals surface area contributed by atoms with Gasteiger partial charge in [0, 0.05) is 0 Å². The molecule has 0 aromatic heterocycles. The largest absolute Gasteiger partial charge is 0.493 e. The number of methoxy groups -OCH3 is 2. The molecule has 0 fully saturated rings. The monoisotopic (exact) mass is 420 g/mol. The molecule has 0 spiro atoms. The van der Waals surface area contributed by atoms with Crippen molar-refractivity contribution in [1.29, 1.82) is 0 Å². The van der Waals surface area contributed by atoms with Gasteiger partial charge in [-0.05, 0) is 54.7 Å². The number of rotatable bonds is 14. The molecule has 0 radical (unpaired) electrons. The summed E-state index contributed by atoms with van der Waals surface area (Å²) in [4.78, 5) is 0. The van der Waals surface area contributed by atoms with Crippen LogP contribution in [0.1, 0.15) is 30.4 Å². The summed E-state index contributed by atoms with van der Waals surface area (Å²) in [6.07, 6.45) is 15.1. The third-order valence-corrected chi connectivity index (χ3v) is 4.45. The number of unbranched alkanes of at least 4 members (excludes halogenated alkanes) is 2. The van der Waals surface area contributed by atoms with Gasteiger partial charge in [-0.25, -0.2) is 0 Å². The summed E-state index contributed by atoms with van der Waals surface area (Å²) >= 11 is 0. The van der Waals surface area contributed by atoms with Crippen molar-refractivity contribution in [2.45, 2.75) is 19.3 Å². The quantitative estimate of drug-likeness (QED) is 0.251. The number of hydrogen-bond acceptors (Lipinski definition) is 4. The molecular weight excluding hydrogens is 388 g/mol. The second kappa shape index (κ2) is 13.8. The van der Waals surface area contributed by atoms with Crippen molar-refractivity contribution in [3.05, 3.63) is 85.0 Å². The second-order valence-corrected chi connectivity index (χ2v) is 6.76. The summed E-state index contributed by atoms with van der Waals surface area (Å²) in [6, 6.07) is 11.8. The Morgan fingerprint density at radius 1 is 0.677 bits per heavy atom. The molecule has 0 saturated heterocycles. The molecule has 0 aliphatic carbocycles. The summed E-state index contributed by atoms with van der Waals surface area (Å²) in [5.41, 5.74) is 2.17. The first-order valence-electron chi connectivity index (χ1n) is 10.4. The average molecular weight is 421 g/mol. The molecule has 0 aliphatic rings. The number of benzene rings is 2. The summed E-state index contributed by atoms with van der Waals surface area (Å²) in [5.74, 6) is 2.90. The highest BCUT2D eigenvalue weighted by Gasteiger charge is 2.04. The molecule has 0 bridgehead atoms. The van der Waals surface area contributed by atoms with E-state index in [-0.39, 0.29) is 0 Å². The van der Waals surface area contributed by atoms with Gasteiger partial charge in [0.1, 0.15) is 13.2 Å². The van der Waals surface area contributed by atoms with E-state index < -0.39 is 0 Å². The van der Waals surface area contributed by atoms with Gasteiger partial charge < -0.3 is 18.9 Å². The number of ether oxygens (including phenoxy) is 4. The van der Waals surface area contributed by atoms with Crippen LogP contribution in [0.4, 0.5) is 0 Å². The van der Waals surface area contributed by atoms with Crippen LogP contribution in [0.5, 0.6) is 23.0 Å². The lowest BCUT2D eigenvalue weighted by molar-refractivity contribution is 0.326. The predicted octanol–water partition coefficient (Wildman–Crippen LogP) is 6.73. The van der Waals surface area contributed by atoms with Gasteiger partial charge >= 0.3 is 0 Å². The zero-order chi connectivity index (χ0) is 22.3. The van der Waals surface area contributed by atoms with Crippen molar-refractivity contribution in [1.82, 2.24) is 0 Å². The van der Waals surface area contributed by atoms with Crippen molar-refractivity contribution >= 4 is 12.2 Å². The van der Waals surface area contributed by atoms with Gasteiger partial charge in [-0.3, -0.25) is 0 Å². The highest BCUT2D eigenvalue weighted by atomic mass is 16.5. The fraction of sp³-hybridized carbons (Fsp3) is 0.259. The van der Waals surface area contributed by atoms with Crippen molar-refractivity contribution in [2.75, 3.05) is 27.4 Å². The van der Waals surface area contributed by atoms with Gasteiger partial charge in [0.25, 0.3) is 0 Å². The zero-order valence-electron chi connectivity index (χ0n) is 18.5. The second-order valence-electron chi connectivity index (χ2n) is 6.76. The zero-order valence-corrected chi connectivity index (χ0v) is 18.5. The van der Waals surface area contributed by atoms with Gasteiger partial charge in [0.15, 0.2) is 23.0 Å². The van der Waals surface area contributed by atoms with Crippen LogP contribution in [0, 0.1) is 0 Å². The first kappa shape index (κ1) is 23.9. The molecule has 0 heterocycles. The predicted molar refractivity (Wildman–Crippen MR) is 129 cm³/mol. The van der Waals surface area contributed by atoms with Crippen LogP contribution in [0.25, 0.3) is 12.2 Å². The summed E-state index contributed by atoms with van der Waals surface area (Å²) in [6.45, 7) is 8.24. The maximum Gasteiger partial charge on any atom is 0.161 e. The van der Waals surface area contributed by atoms with Gasteiger partial charge in [0.05, 0.1) is 14.2 Å². The Morgan fingerprint density at radius 2 is 1.13 bits per heavy atom. The third-order valence-electron chi connectivity index (χ3n) is 4.45. The Balaban J connectivity index is 1.81. The molecule has 2 aromatic rings. The number of hydrogen-bond donors (Lipinski definition) is 0. The van der Waals surface area contributed by atoms with Crippen LogP contribution in [0.15, 0.2) is 73.9 Å². The Bertz CT molecular complexity index is 823. The Labute approximate surface area is 186 Å². The van der Waals surface area contributed by atoms with E-state index in [4.69, 9.17) is 18.9 Å². The fourth-order valence-corrected chi connectivity index (χ4v) is 2.90. The lowest BCUT2D eigenvalue weighted by atomic mass is 10.1. The molecule has 0 amide bonds. The van der Waals surface area contributed by atoms with E-state index in [1.165, 1.54) is 0 Å². The van der Waals surface area contributed by atoms with E-state index in [0.717, 1.165) is 53.4 Å². The minimum Gasteiger partial charge on any atom is -0.493 e. The van der Waals surface area contributed by atoms with Crippen LogP contribution >= 0.6 is 0 Å². The minimum absolute atomic E-state index is 0.457. The van der Waals surface area contributed by atoms with Crippen LogP contribution < -0.4 is 18.9 Å². The normalized spacial score (nSPS) is 10.9. The van der Waals surface area contributed by atoms with Gasteiger partial charge in [-0.15, -0.1) is 0 Å². The third kappa shape index (κ3) is 8.09. The number of allylic oxidation sites excluding steroid dienone is 2. The van der Waals surface area contributed by atoms with Crippen LogP contribution in [0.2, 0.25) is 0 Å². The molecule has 4 nitrogen and oxygen atoms in total. The molecule has 0 saturated carbocycles. The molecule has 0 aliphatic heterocycles. The average Bonchev–Trinajstić information content (AvgIpc) is 2.81. The molecule has 0 N–H and O–H groups in total. The molecule has 2 rings (SSSR count). The van der Waals surface area contributed by atoms with Crippen molar-refractivity contribution in [3.63, 3.8) is 0 Å². The van der Waals surface area contributed by atoms with Gasteiger partial charge in [-0.2, -0.15) is 0 Å². The summed E-state index contributed by atoms with van der Waals surface area (Å²) < 4.78 is 22.0. The molecular formula is C27H32O4. The van der Waals surface area contributed by atoms with E-state index in [2.05, 4.69) is 37.5 Å². The van der Waals surface area contributed by atoms with E-state index in [9.17, 15) is 0 Å². The van der Waals surface area contributed by atoms with Crippen LogP contribution in [-0.2, 0) is 0 Å². The standard InChI is InChI=1S/C27H32O4/c1-5-18-30-24-16-14-22(20-26(24)28-3)12-10-8-7-9-11-13-23-15-17-25(31-19-6-2)27(21-23)29-4/h5-6,10-17,20-21H,1-2,7-9,18-19H2,3-4H3. The highest BCUT2D eigenvalue weighted by molar-refractivity contribution is 5.57. The lowest BCUT2D eigenvalue weighted by Gasteiger charge is -2.09. The summed E-state index contributed by atoms with van der Waals surface area (Å²) in [5, 5.41) is 0. The van der Waals surface area contributed by atoms with Crippen molar-refractivity contribution in [3.8, 4) is 23.0 Å². The minimum atomic E-state index is 0.457. The van der Waals surface area contributed by atoms with E-state index >= 15 is 0 Å². The molecule has 31 heavy (non-hydrogen) atoms. The van der Waals surface area contributed by atoms with Gasteiger partial charge in [0.2, 0.25) is 0 Å². The van der Waals surface area contributed by atoms with E-state index in [1.807, 2.05) is 36.4 Å². The summed E-state index contributed by atoms with van der Waals surface area (Å²) in [7, 11) is 3.29.